The van der Waals surface area contributed by atoms with Crippen molar-refractivity contribution in [2.45, 2.75) is 78.9 Å². The highest BCUT2D eigenvalue weighted by molar-refractivity contribution is 5.72. The molecule has 7 heteroatoms. The molecule has 0 unspecified atom stereocenters. The third-order valence-corrected chi connectivity index (χ3v) is 9.37. The van der Waals surface area contributed by atoms with Crippen molar-refractivity contribution < 1.29 is 4.74 Å². The number of pyridine rings is 2. The van der Waals surface area contributed by atoms with Gasteiger partial charge in [-0.15, -0.1) is 0 Å². The maximum Gasteiger partial charge on any atom is 0.252 e. The molecule has 0 atom stereocenters. The monoisotopic (exact) mass is 571 g/mol. The molecule has 2 fully saturated rings. The second-order valence-electron chi connectivity index (χ2n) is 12.4. The summed E-state index contributed by atoms with van der Waals surface area (Å²) >= 11 is 0. The largest absolute Gasteiger partial charge is 0.381 e. The smallest absolute Gasteiger partial charge is 0.252 e. The van der Waals surface area contributed by atoms with Crippen LogP contribution in [0.5, 0.6) is 0 Å². The first kappa shape index (κ1) is 30.5. The Labute approximate surface area is 251 Å². The average Bonchev–Trinajstić information content (AvgIpc) is 2.98. The van der Waals surface area contributed by atoms with Crippen LogP contribution in [-0.2, 0) is 24.2 Å². The average molecular weight is 572 g/mol. The van der Waals surface area contributed by atoms with E-state index < -0.39 is 0 Å². The molecule has 7 nitrogen and oxygen atoms in total. The van der Waals surface area contributed by atoms with Crippen LogP contribution < -0.4 is 15.8 Å². The Balaban J connectivity index is 1.41. The molecule has 0 radical (unpaired) electrons. The minimum Gasteiger partial charge on any atom is -0.381 e. The van der Waals surface area contributed by atoms with Crippen molar-refractivity contribution in [1.82, 2.24) is 20.2 Å². The van der Waals surface area contributed by atoms with Gasteiger partial charge in [0.15, 0.2) is 0 Å². The lowest BCUT2D eigenvalue weighted by atomic mass is 9.92. The van der Waals surface area contributed by atoms with Crippen LogP contribution in [0, 0.1) is 26.7 Å². The molecule has 4 heterocycles. The molecule has 0 aliphatic carbocycles. The second-order valence-corrected chi connectivity index (χ2v) is 12.4. The standard InChI is InChI=1S/C35H49N5O2/c1-6-40(32-11-15-42-16-12-32)34-20-29(28-7-8-31(37-22-28)18-27-9-13-39(5)14-10-27)19-30(26(34)4)21-36-23-33-24(2)17-25(3)38-35(33)41/h7-8,17,19-20,22,27,32,36H,6,9-16,18,21,23H2,1-5H3,(H,38,41). The predicted octanol–water partition coefficient (Wildman–Crippen LogP) is 5.54. The molecule has 0 saturated carbocycles. The Morgan fingerprint density at radius 3 is 2.45 bits per heavy atom. The molecule has 3 aromatic rings. The van der Waals surface area contributed by atoms with Gasteiger partial charge in [-0.3, -0.25) is 9.78 Å². The molecular formula is C35H49N5O2. The minimum absolute atomic E-state index is 0.00533. The summed E-state index contributed by atoms with van der Waals surface area (Å²) in [4.78, 5) is 25.5. The Hall–Kier alpha value is -3.00. The van der Waals surface area contributed by atoms with Gasteiger partial charge in [0.05, 0.1) is 0 Å². The number of nitrogens with one attached hydrogen (secondary N) is 2. The summed E-state index contributed by atoms with van der Waals surface area (Å²) < 4.78 is 5.69. The molecular weight excluding hydrogens is 522 g/mol. The van der Waals surface area contributed by atoms with Gasteiger partial charge >= 0.3 is 0 Å². The number of rotatable bonds is 10. The van der Waals surface area contributed by atoms with Gasteiger partial charge in [-0.1, -0.05) is 6.07 Å². The fourth-order valence-electron chi connectivity index (χ4n) is 6.73. The number of H-pyrrole nitrogens is 1. The van der Waals surface area contributed by atoms with Crippen LogP contribution in [-0.4, -0.2) is 60.8 Å². The van der Waals surface area contributed by atoms with Crippen LogP contribution in [0.2, 0.25) is 0 Å². The van der Waals surface area contributed by atoms with Gasteiger partial charge in [0, 0.05) is 73.3 Å². The van der Waals surface area contributed by atoms with E-state index >= 15 is 0 Å². The Kier molecular flexibility index (Phi) is 10.1. The Morgan fingerprint density at radius 2 is 1.79 bits per heavy atom. The van der Waals surface area contributed by atoms with E-state index in [1.165, 1.54) is 54.0 Å². The van der Waals surface area contributed by atoms with Crippen molar-refractivity contribution in [2.24, 2.45) is 5.92 Å². The summed E-state index contributed by atoms with van der Waals surface area (Å²) in [7, 11) is 2.22. The van der Waals surface area contributed by atoms with E-state index in [0.29, 0.717) is 19.1 Å². The highest BCUT2D eigenvalue weighted by Crippen LogP contribution is 2.34. The molecule has 226 valence electrons. The van der Waals surface area contributed by atoms with Gasteiger partial charge in [-0.25, -0.2) is 0 Å². The predicted molar refractivity (Wildman–Crippen MR) is 172 cm³/mol. The molecule has 2 N–H and O–H groups in total. The molecule has 2 aromatic heterocycles. The molecule has 42 heavy (non-hydrogen) atoms. The number of likely N-dealkylation sites (tertiary alicyclic amines) is 1. The number of aromatic amines is 1. The van der Waals surface area contributed by atoms with Crippen molar-refractivity contribution >= 4 is 5.69 Å². The number of aryl methyl sites for hydroxylation is 2. The zero-order chi connectivity index (χ0) is 29.6. The van der Waals surface area contributed by atoms with Gasteiger partial charge < -0.3 is 24.8 Å². The summed E-state index contributed by atoms with van der Waals surface area (Å²) in [6.07, 6.45) is 7.74. The van der Waals surface area contributed by atoms with Crippen molar-refractivity contribution in [3.63, 3.8) is 0 Å². The lowest BCUT2D eigenvalue weighted by Gasteiger charge is -2.37. The number of anilines is 1. The van der Waals surface area contributed by atoms with Gasteiger partial charge in [0.2, 0.25) is 0 Å². The maximum absolute atomic E-state index is 12.6. The summed E-state index contributed by atoms with van der Waals surface area (Å²) in [6, 6.07) is 11.7. The van der Waals surface area contributed by atoms with Crippen LogP contribution in [0.3, 0.4) is 0 Å². The van der Waals surface area contributed by atoms with Crippen molar-refractivity contribution in [1.29, 1.82) is 0 Å². The van der Waals surface area contributed by atoms with Crippen LogP contribution in [0.1, 0.15) is 66.2 Å². The Morgan fingerprint density at radius 1 is 1.02 bits per heavy atom. The third kappa shape index (κ3) is 7.31. The van der Waals surface area contributed by atoms with Gasteiger partial charge in [-0.2, -0.15) is 0 Å². The van der Waals surface area contributed by atoms with Crippen molar-refractivity contribution in [2.75, 3.05) is 44.8 Å². The molecule has 2 aliphatic rings. The molecule has 0 bridgehead atoms. The number of hydrogen-bond donors (Lipinski definition) is 2. The van der Waals surface area contributed by atoms with Crippen LogP contribution in [0.25, 0.3) is 11.1 Å². The molecule has 0 spiro atoms. The summed E-state index contributed by atoms with van der Waals surface area (Å²) in [5.41, 5.74) is 10.1. The van der Waals surface area contributed by atoms with Crippen molar-refractivity contribution in [3.8, 4) is 11.1 Å². The van der Waals surface area contributed by atoms with Gasteiger partial charge in [0.25, 0.3) is 5.56 Å². The maximum atomic E-state index is 12.6. The van der Waals surface area contributed by atoms with E-state index in [4.69, 9.17) is 9.72 Å². The van der Waals surface area contributed by atoms with E-state index in [9.17, 15) is 4.79 Å². The van der Waals surface area contributed by atoms with Crippen LogP contribution in [0.4, 0.5) is 5.69 Å². The molecule has 0 amide bonds. The number of benzene rings is 1. The van der Waals surface area contributed by atoms with E-state index in [-0.39, 0.29) is 5.56 Å². The first-order chi connectivity index (χ1) is 20.3. The zero-order valence-corrected chi connectivity index (χ0v) is 26.3. The quantitative estimate of drug-likeness (QED) is 0.333. The normalized spacial score (nSPS) is 17.1. The van der Waals surface area contributed by atoms with Crippen molar-refractivity contribution in [3.05, 3.63) is 80.5 Å². The number of aromatic nitrogens is 2. The van der Waals surface area contributed by atoms with Crippen LogP contribution in [0.15, 0.2) is 41.3 Å². The topological polar surface area (TPSA) is 73.5 Å². The fourth-order valence-corrected chi connectivity index (χ4v) is 6.73. The first-order valence-electron chi connectivity index (χ1n) is 15.8. The highest BCUT2D eigenvalue weighted by atomic mass is 16.5. The van der Waals surface area contributed by atoms with E-state index in [1.54, 1.807) is 0 Å². The first-order valence-corrected chi connectivity index (χ1v) is 15.8. The lowest BCUT2D eigenvalue weighted by Crippen LogP contribution is -2.40. The van der Waals surface area contributed by atoms with E-state index in [1.807, 2.05) is 19.9 Å². The molecule has 2 saturated heterocycles. The molecule has 2 aliphatic heterocycles. The minimum atomic E-state index is -0.00533. The summed E-state index contributed by atoms with van der Waals surface area (Å²) in [5, 5.41) is 3.58. The van der Waals surface area contributed by atoms with Gasteiger partial charge in [0.1, 0.15) is 0 Å². The van der Waals surface area contributed by atoms with Crippen LogP contribution >= 0.6 is 0 Å². The number of ether oxygens (including phenoxy) is 1. The van der Waals surface area contributed by atoms with Gasteiger partial charge in [-0.05, 0) is 132 Å². The summed E-state index contributed by atoms with van der Waals surface area (Å²) in [5.74, 6) is 0.727. The second kappa shape index (κ2) is 14.0. The SMILES string of the molecule is CCN(c1cc(-c2ccc(CC3CCN(C)CC3)nc2)cc(CNCc2c(C)cc(C)[nH]c2=O)c1C)C1CCOCC1. The Bertz CT molecular complexity index is 1390. The molecule has 5 rings (SSSR count). The number of hydrogen-bond acceptors (Lipinski definition) is 6. The number of nitrogens with zero attached hydrogens (tertiary/aromatic N) is 3. The van der Waals surface area contributed by atoms with E-state index in [2.05, 4.69) is 71.5 Å². The lowest BCUT2D eigenvalue weighted by molar-refractivity contribution is 0.0846. The molecule has 1 aromatic carbocycles. The zero-order valence-electron chi connectivity index (χ0n) is 26.3. The van der Waals surface area contributed by atoms with E-state index in [0.717, 1.165) is 67.3 Å². The number of piperidine rings is 1. The third-order valence-electron chi connectivity index (χ3n) is 9.37. The summed E-state index contributed by atoms with van der Waals surface area (Å²) in [6.45, 7) is 14.6. The highest BCUT2D eigenvalue weighted by Gasteiger charge is 2.24. The fraction of sp³-hybridized carbons (Fsp3) is 0.543.